The maximum atomic E-state index is 11.3. The summed E-state index contributed by atoms with van der Waals surface area (Å²) in [6.45, 7) is 1.49. The van der Waals surface area contributed by atoms with Gasteiger partial charge < -0.3 is 10.5 Å². The van der Waals surface area contributed by atoms with Crippen LogP contribution in [0.3, 0.4) is 0 Å². The van der Waals surface area contributed by atoms with Crippen molar-refractivity contribution in [2.24, 2.45) is 0 Å². The van der Waals surface area contributed by atoms with Crippen molar-refractivity contribution in [3.8, 4) is 11.8 Å². The fraction of sp³-hybridized carbons (Fsp3) is 0.231. The van der Waals surface area contributed by atoms with E-state index < -0.39 is 5.97 Å². The Labute approximate surface area is 110 Å². The van der Waals surface area contributed by atoms with Crippen molar-refractivity contribution in [1.29, 1.82) is 0 Å². The van der Waals surface area contributed by atoms with Gasteiger partial charge in [0.1, 0.15) is 0 Å². The van der Waals surface area contributed by atoms with Crippen LogP contribution in [0.4, 0.5) is 5.69 Å². The minimum absolute atomic E-state index is 0.0262. The molecule has 4 nitrogen and oxygen atoms in total. The zero-order chi connectivity index (χ0) is 13.5. The number of rotatable bonds is 2. The van der Waals surface area contributed by atoms with Crippen LogP contribution in [-0.2, 0) is 9.53 Å². The third kappa shape index (κ3) is 4.15. The lowest BCUT2D eigenvalue weighted by atomic mass is 10.1. The van der Waals surface area contributed by atoms with E-state index in [1.54, 1.807) is 12.1 Å². The van der Waals surface area contributed by atoms with E-state index >= 15 is 0 Å². The second-order valence-electron chi connectivity index (χ2n) is 3.38. The molecule has 0 aliphatic carbocycles. The SMILES string of the molecule is COC(=O)c1ccc(C#CCSC(C)=O)c(N)c1. The minimum Gasteiger partial charge on any atom is -0.465 e. The van der Waals surface area contributed by atoms with Gasteiger partial charge in [-0.1, -0.05) is 23.6 Å². The zero-order valence-electron chi connectivity index (χ0n) is 10.1. The monoisotopic (exact) mass is 263 g/mol. The van der Waals surface area contributed by atoms with Crippen LogP contribution in [0.15, 0.2) is 18.2 Å². The molecule has 0 saturated heterocycles. The molecule has 94 valence electrons. The van der Waals surface area contributed by atoms with Crippen molar-refractivity contribution in [2.45, 2.75) is 6.92 Å². The highest BCUT2D eigenvalue weighted by Crippen LogP contribution is 2.14. The summed E-state index contributed by atoms with van der Waals surface area (Å²) >= 11 is 1.14. The Balaban J connectivity index is 2.79. The standard InChI is InChI=1S/C13H13NO3S/c1-9(15)18-7-3-4-10-5-6-11(8-12(10)14)13(16)17-2/h5-6,8H,7,14H2,1-2H3. The van der Waals surface area contributed by atoms with Gasteiger partial charge in [0.2, 0.25) is 0 Å². The third-order valence-electron chi connectivity index (χ3n) is 2.04. The van der Waals surface area contributed by atoms with Crippen LogP contribution < -0.4 is 5.73 Å². The van der Waals surface area contributed by atoms with Gasteiger partial charge in [0.05, 0.1) is 18.4 Å². The van der Waals surface area contributed by atoms with Crippen LogP contribution in [0.2, 0.25) is 0 Å². The number of nitrogens with two attached hydrogens (primary N) is 1. The Kier molecular flexibility index (Phi) is 5.28. The molecule has 0 fully saturated rings. The number of carbonyl (C=O) groups excluding carboxylic acids is 2. The largest absolute Gasteiger partial charge is 0.465 e. The molecule has 0 aromatic heterocycles. The lowest BCUT2D eigenvalue weighted by Gasteiger charge is -2.02. The number of hydrogen-bond donors (Lipinski definition) is 1. The van der Waals surface area contributed by atoms with Gasteiger partial charge in [-0.05, 0) is 18.2 Å². The molecule has 0 atom stereocenters. The number of anilines is 1. The van der Waals surface area contributed by atoms with Gasteiger partial charge in [-0.2, -0.15) is 0 Å². The highest BCUT2D eigenvalue weighted by Gasteiger charge is 2.06. The van der Waals surface area contributed by atoms with Crippen molar-refractivity contribution >= 4 is 28.5 Å². The quantitative estimate of drug-likeness (QED) is 0.499. The normalized spacial score (nSPS) is 9.22. The molecule has 0 radical (unpaired) electrons. The number of methoxy groups -OCH3 is 1. The number of thioether (sulfide) groups is 1. The molecular formula is C13H13NO3S. The van der Waals surface area contributed by atoms with Crippen molar-refractivity contribution in [3.05, 3.63) is 29.3 Å². The summed E-state index contributed by atoms with van der Waals surface area (Å²) in [5.74, 6) is 5.67. The molecule has 0 aliphatic heterocycles. The number of hydrogen-bond acceptors (Lipinski definition) is 5. The molecule has 0 bridgehead atoms. The van der Waals surface area contributed by atoms with E-state index in [1.165, 1.54) is 20.1 Å². The first kappa shape index (κ1) is 14.1. The van der Waals surface area contributed by atoms with E-state index in [2.05, 4.69) is 16.6 Å². The molecule has 1 aromatic rings. The van der Waals surface area contributed by atoms with Crippen molar-refractivity contribution in [1.82, 2.24) is 0 Å². The van der Waals surface area contributed by atoms with E-state index in [0.29, 0.717) is 22.6 Å². The average Bonchev–Trinajstić information content (AvgIpc) is 2.34. The first-order valence-corrected chi connectivity index (χ1v) is 6.13. The summed E-state index contributed by atoms with van der Waals surface area (Å²) < 4.78 is 4.58. The molecule has 1 rings (SSSR count). The number of esters is 1. The smallest absolute Gasteiger partial charge is 0.337 e. The first-order chi connectivity index (χ1) is 8.54. The molecule has 1 aromatic carbocycles. The molecule has 0 spiro atoms. The Bertz CT molecular complexity index is 529. The molecule has 0 unspecified atom stereocenters. The second-order valence-corrected chi connectivity index (χ2v) is 4.53. The minimum atomic E-state index is -0.437. The Hall–Kier alpha value is -1.93. The number of benzene rings is 1. The van der Waals surface area contributed by atoms with E-state index in [1.807, 2.05) is 0 Å². The van der Waals surface area contributed by atoms with Crippen molar-refractivity contribution < 1.29 is 14.3 Å². The highest BCUT2D eigenvalue weighted by atomic mass is 32.2. The first-order valence-electron chi connectivity index (χ1n) is 5.14. The number of ether oxygens (including phenoxy) is 1. The Morgan fingerprint density at radius 3 is 2.72 bits per heavy atom. The Morgan fingerprint density at radius 2 is 2.17 bits per heavy atom. The molecule has 2 N–H and O–H groups in total. The second kappa shape index (κ2) is 6.72. The van der Waals surface area contributed by atoms with Crippen LogP contribution in [0.5, 0.6) is 0 Å². The van der Waals surface area contributed by atoms with E-state index in [9.17, 15) is 9.59 Å². The maximum Gasteiger partial charge on any atom is 0.337 e. The highest BCUT2D eigenvalue weighted by molar-refractivity contribution is 8.13. The number of nitrogen functional groups attached to an aromatic ring is 1. The fourth-order valence-corrected chi connectivity index (χ4v) is 1.54. The molecule has 0 aliphatic rings. The summed E-state index contributed by atoms with van der Waals surface area (Å²) in [5.41, 5.74) is 7.21. The topological polar surface area (TPSA) is 69.4 Å². The predicted molar refractivity (Wildman–Crippen MR) is 72.2 cm³/mol. The lowest BCUT2D eigenvalue weighted by molar-refractivity contribution is -0.109. The third-order valence-corrected chi connectivity index (χ3v) is 2.74. The van der Waals surface area contributed by atoms with Crippen LogP contribution in [-0.4, -0.2) is 23.9 Å². The summed E-state index contributed by atoms with van der Waals surface area (Å²) in [5, 5.41) is 0.0262. The maximum absolute atomic E-state index is 11.3. The van der Waals surface area contributed by atoms with Gasteiger partial charge in [0.25, 0.3) is 0 Å². The summed E-state index contributed by atoms with van der Waals surface area (Å²) in [7, 11) is 1.31. The summed E-state index contributed by atoms with van der Waals surface area (Å²) in [6, 6.07) is 4.78. The van der Waals surface area contributed by atoms with Crippen LogP contribution >= 0.6 is 11.8 Å². The van der Waals surface area contributed by atoms with Crippen molar-refractivity contribution in [2.75, 3.05) is 18.6 Å². The molecule has 0 saturated carbocycles. The van der Waals surface area contributed by atoms with Gasteiger partial charge >= 0.3 is 5.97 Å². The van der Waals surface area contributed by atoms with Crippen LogP contribution in [0.25, 0.3) is 0 Å². The van der Waals surface area contributed by atoms with Crippen LogP contribution in [0, 0.1) is 11.8 Å². The van der Waals surface area contributed by atoms with Crippen molar-refractivity contribution in [3.63, 3.8) is 0 Å². The molecule has 0 amide bonds. The van der Waals surface area contributed by atoms with E-state index in [0.717, 1.165) is 11.8 Å². The zero-order valence-corrected chi connectivity index (χ0v) is 11.0. The number of carbonyl (C=O) groups is 2. The van der Waals surface area contributed by atoms with Gasteiger partial charge in [0, 0.05) is 18.2 Å². The predicted octanol–water partition coefficient (Wildman–Crippen LogP) is 1.69. The Morgan fingerprint density at radius 1 is 1.44 bits per heavy atom. The van der Waals surface area contributed by atoms with Crippen LogP contribution in [0.1, 0.15) is 22.8 Å². The van der Waals surface area contributed by atoms with Gasteiger partial charge in [-0.15, -0.1) is 0 Å². The summed E-state index contributed by atoms with van der Waals surface area (Å²) in [6.07, 6.45) is 0. The molecular weight excluding hydrogens is 250 g/mol. The molecule has 18 heavy (non-hydrogen) atoms. The molecule has 0 heterocycles. The van der Waals surface area contributed by atoms with E-state index in [4.69, 9.17) is 5.73 Å². The van der Waals surface area contributed by atoms with Gasteiger partial charge in [0.15, 0.2) is 5.12 Å². The van der Waals surface area contributed by atoms with Gasteiger partial charge in [-0.25, -0.2) is 4.79 Å². The lowest BCUT2D eigenvalue weighted by Crippen LogP contribution is -2.02. The average molecular weight is 263 g/mol. The summed E-state index contributed by atoms with van der Waals surface area (Å²) in [4.78, 5) is 22.0. The van der Waals surface area contributed by atoms with Gasteiger partial charge in [-0.3, -0.25) is 4.79 Å². The van der Waals surface area contributed by atoms with E-state index in [-0.39, 0.29) is 5.12 Å². The molecule has 5 heteroatoms. The fourth-order valence-electron chi connectivity index (χ4n) is 1.19.